The second-order valence-electron chi connectivity index (χ2n) is 4.32. The van der Waals surface area contributed by atoms with Gasteiger partial charge in [0.1, 0.15) is 11.7 Å². The summed E-state index contributed by atoms with van der Waals surface area (Å²) in [6.45, 7) is 0. The van der Waals surface area contributed by atoms with E-state index in [9.17, 15) is 9.18 Å². The van der Waals surface area contributed by atoms with Gasteiger partial charge in [-0.25, -0.2) is 4.39 Å². The Balaban J connectivity index is 2.57. The van der Waals surface area contributed by atoms with Crippen LogP contribution in [0.3, 0.4) is 0 Å². The van der Waals surface area contributed by atoms with E-state index in [0.29, 0.717) is 5.56 Å². The molecule has 0 N–H and O–H groups in total. The zero-order chi connectivity index (χ0) is 16.1. The maximum atomic E-state index is 13.5. The van der Waals surface area contributed by atoms with Crippen LogP contribution >= 0.6 is 0 Å². The molecule has 0 aliphatic heterocycles. The van der Waals surface area contributed by atoms with Crippen LogP contribution in [0.4, 0.5) is 4.39 Å². The maximum absolute atomic E-state index is 13.5. The molecule has 1 unspecified atom stereocenters. The average Bonchev–Trinajstić information content (AvgIpc) is 2.54. The van der Waals surface area contributed by atoms with Crippen LogP contribution in [0.2, 0.25) is 0 Å². The molecule has 1 aromatic heterocycles. The molecule has 2 aromatic rings. The van der Waals surface area contributed by atoms with Gasteiger partial charge in [0.2, 0.25) is 11.8 Å². The SMILES string of the molecule is COC(=O)C(c1cccc(F)c1)c1nc(OC)cc(OC)n1. The normalized spacial score (nSPS) is 11.6. The zero-order valence-electron chi connectivity index (χ0n) is 12.4. The Morgan fingerprint density at radius 2 is 1.73 bits per heavy atom. The number of methoxy groups -OCH3 is 3. The van der Waals surface area contributed by atoms with Gasteiger partial charge in [0, 0.05) is 0 Å². The minimum atomic E-state index is -0.982. The molecule has 7 heteroatoms. The van der Waals surface area contributed by atoms with Gasteiger partial charge in [0.25, 0.3) is 0 Å². The van der Waals surface area contributed by atoms with Crippen molar-refractivity contribution in [2.45, 2.75) is 5.92 Å². The number of benzene rings is 1. The first-order valence-electron chi connectivity index (χ1n) is 6.39. The summed E-state index contributed by atoms with van der Waals surface area (Å²) >= 11 is 0. The monoisotopic (exact) mass is 306 g/mol. The van der Waals surface area contributed by atoms with Gasteiger partial charge in [-0.15, -0.1) is 0 Å². The van der Waals surface area contributed by atoms with E-state index >= 15 is 0 Å². The molecule has 0 bridgehead atoms. The largest absolute Gasteiger partial charge is 0.481 e. The molecule has 0 aliphatic carbocycles. The Labute approximate surface area is 126 Å². The summed E-state index contributed by atoms with van der Waals surface area (Å²) in [5.74, 6) is -1.50. The van der Waals surface area contributed by atoms with Gasteiger partial charge < -0.3 is 14.2 Å². The topological polar surface area (TPSA) is 70.5 Å². The van der Waals surface area contributed by atoms with E-state index in [-0.39, 0.29) is 17.6 Å². The number of hydrogen-bond acceptors (Lipinski definition) is 6. The summed E-state index contributed by atoms with van der Waals surface area (Å²) in [5, 5.41) is 0. The fourth-order valence-corrected chi connectivity index (χ4v) is 1.95. The first kappa shape index (κ1) is 15.7. The van der Waals surface area contributed by atoms with E-state index in [1.54, 1.807) is 6.07 Å². The Morgan fingerprint density at radius 1 is 1.09 bits per heavy atom. The molecule has 0 spiro atoms. The van der Waals surface area contributed by atoms with Gasteiger partial charge in [0.15, 0.2) is 5.82 Å². The molecule has 22 heavy (non-hydrogen) atoms. The number of carbonyl (C=O) groups excluding carboxylic acids is 1. The van der Waals surface area contributed by atoms with Crippen LogP contribution < -0.4 is 9.47 Å². The molecule has 1 aromatic carbocycles. The lowest BCUT2D eigenvalue weighted by atomic mass is 9.98. The summed E-state index contributed by atoms with van der Waals surface area (Å²) in [6.07, 6.45) is 0. The maximum Gasteiger partial charge on any atom is 0.320 e. The van der Waals surface area contributed by atoms with Crippen molar-refractivity contribution in [3.8, 4) is 11.8 Å². The summed E-state index contributed by atoms with van der Waals surface area (Å²) < 4.78 is 28.4. The number of carbonyl (C=O) groups is 1. The second kappa shape index (κ2) is 6.84. The number of hydrogen-bond donors (Lipinski definition) is 0. The Kier molecular flexibility index (Phi) is 4.88. The predicted molar refractivity (Wildman–Crippen MR) is 75.4 cm³/mol. The van der Waals surface area contributed by atoms with Crippen molar-refractivity contribution >= 4 is 5.97 Å². The highest BCUT2D eigenvalue weighted by Crippen LogP contribution is 2.27. The van der Waals surface area contributed by atoms with Crippen LogP contribution in [0.5, 0.6) is 11.8 Å². The molecule has 116 valence electrons. The lowest BCUT2D eigenvalue weighted by Crippen LogP contribution is -2.19. The standard InChI is InChI=1S/C15H15FN2O4/c1-20-11-8-12(21-2)18-14(17-11)13(15(19)22-3)9-5-4-6-10(16)7-9/h4-8,13H,1-3H3. The third-order valence-electron chi connectivity index (χ3n) is 2.99. The third-order valence-corrected chi connectivity index (χ3v) is 2.99. The van der Waals surface area contributed by atoms with Crippen molar-refractivity contribution in [1.82, 2.24) is 9.97 Å². The first-order chi connectivity index (χ1) is 10.6. The average molecular weight is 306 g/mol. The molecule has 0 radical (unpaired) electrons. The van der Waals surface area contributed by atoms with Crippen molar-refractivity contribution < 1.29 is 23.4 Å². The Morgan fingerprint density at radius 3 is 2.23 bits per heavy atom. The summed E-state index contributed by atoms with van der Waals surface area (Å²) in [5.41, 5.74) is 0.377. The highest BCUT2D eigenvalue weighted by Gasteiger charge is 2.28. The number of rotatable bonds is 5. The van der Waals surface area contributed by atoms with Crippen molar-refractivity contribution in [2.24, 2.45) is 0 Å². The van der Waals surface area contributed by atoms with E-state index in [1.807, 2.05) is 0 Å². The molecule has 6 nitrogen and oxygen atoms in total. The molecular weight excluding hydrogens is 291 g/mol. The Hall–Kier alpha value is -2.70. The second-order valence-corrected chi connectivity index (χ2v) is 4.32. The van der Waals surface area contributed by atoms with E-state index in [2.05, 4.69) is 9.97 Å². The zero-order valence-corrected chi connectivity index (χ0v) is 12.4. The highest BCUT2D eigenvalue weighted by molar-refractivity contribution is 5.81. The van der Waals surface area contributed by atoms with Crippen molar-refractivity contribution in [1.29, 1.82) is 0 Å². The van der Waals surface area contributed by atoms with Gasteiger partial charge in [-0.05, 0) is 17.7 Å². The third kappa shape index (κ3) is 3.30. The Bertz CT molecular complexity index is 656. The molecule has 1 atom stereocenters. The van der Waals surface area contributed by atoms with Crippen LogP contribution in [0, 0.1) is 5.82 Å². The summed E-state index contributed by atoms with van der Waals surface area (Å²) in [4.78, 5) is 20.4. The van der Waals surface area contributed by atoms with Gasteiger partial charge in [-0.1, -0.05) is 12.1 Å². The van der Waals surface area contributed by atoms with Crippen molar-refractivity contribution in [3.05, 3.63) is 47.5 Å². The quantitative estimate of drug-likeness (QED) is 0.786. The molecule has 1 heterocycles. The van der Waals surface area contributed by atoms with Crippen LogP contribution in [0.15, 0.2) is 30.3 Å². The fraction of sp³-hybridized carbons (Fsp3) is 0.267. The molecule has 0 fully saturated rings. The minimum Gasteiger partial charge on any atom is -0.481 e. The number of esters is 1. The molecule has 0 amide bonds. The predicted octanol–water partition coefficient (Wildman–Crippen LogP) is 1.94. The van der Waals surface area contributed by atoms with Crippen LogP contribution in [0.25, 0.3) is 0 Å². The van der Waals surface area contributed by atoms with Gasteiger partial charge in [-0.3, -0.25) is 4.79 Å². The smallest absolute Gasteiger partial charge is 0.320 e. The molecular formula is C15H15FN2O4. The highest BCUT2D eigenvalue weighted by atomic mass is 19.1. The number of halogens is 1. The van der Waals surface area contributed by atoms with E-state index in [4.69, 9.17) is 14.2 Å². The lowest BCUT2D eigenvalue weighted by molar-refractivity contribution is -0.141. The lowest BCUT2D eigenvalue weighted by Gasteiger charge is -2.15. The van der Waals surface area contributed by atoms with E-state index < -0.39 is 17.7 Å². The van der Waals surface area contributed by atoms with E-state index in [0.717, 1.165) is 0 Å². The van der Waals surface area contributed by atoms with Crippen LogP contribution in [0.1, 0.15) is 17.3 Å². The first-order valence-corrected chi connectivity index (χ1v) is 6.39. The van der Waals surface area contributed by atoms with Crippen molar-refractivity contribution in [3.63, 3.8) is 0 Å². The summed E-state index contributed by atoms with van der Waals surface area (Å²) in [6, 6.07) is 7.09. The number of nitrogens with zero attached hydrogens (tertiary/aromatic N) is 2. The molecule has 0 aliphatic rings. The van der Waals surface area contributed by atoms with Crippen LogP contribution in [-0.2, 0) is 9.53 Å². The molecule has 0 saturated heterocycles. The minimum absolute atomic E-state index is 0.105. The van der Waals surface area contributed by atoms with Gasteiger partial charge in [0.05, 0.1) is 27.4 Å². The van der Waals surface area contributed by atoms with Gasteiger partial charge >= 0.3 is 5.97 Å². The van der Waals surface area contributed by atoms with Crippen LogP contribution in [-0.4, -0.2) is 37.3 Å². The van der Waals surface area contributed by atoms with E-state index in [1.165, 1.54) is 45.6 Å². The number of aromatic nitrogens is 2. The number of ether oxygens (including phenoxy) is 3. The van der Waals surface area contributed by atoms with Crippen molar-refractivity contribution in [2.75, 3.05) is 21.3 Å². The molecule has 0 saturated carbocycles. The fourth-order valence-electron chi connectivity index (χ4n) is 1.95. The summed E-state index contributed by atoms with van der Waals surface area (Å²) in [7, 11) is 4.10. The molecule has 2 rings (SSSR count). The van der Waals surface area contributed by atoms with Gasteiger partial charge in [-0.2, -0.15) is 9.97 Å².